The van der Waals surface area contributed by atoms with Crippen molar-refractivity contribution in [1.82, 2.24) is 10.1 Å². The Kier molecular flexibility index (Phi) is 4.88. The molecule has 0 spiro atoms. The van der Waals surface area contributed by atoms with Gasteiger partial charge >= 0.3 is 0 Å². The SMILES string of the molecule is Cc1noc(C)c1COc1ccc(C(=O)N2CCCC(C)C2)cc1. The highest BCUT2D eigenvalue weighted by atomic mass is 16.5. The number of rotatable bonds is 4. The zero-order chi connectivity index (χ0) is 17.1. The highest BCUT2D eigenvalue weighted by Crippen LogP contribution is 2.21. The molecule has 1 saturated heterocycles. The molecule has 0 N–H and O–H groups in total. The second kappa shape index (κ2) is 7.07. The molecule has 5 nitrogen and oxygen atoms in total. The van der Waals surface area contributed by atoms with E-state index in [0.29, 0.717) is 18.1 Å². The first kappa shape index (κ1) is 16.6. The summed E-state index contributed by atoms with van der Waals surface area (Å²) in [6, 6.07) is 7.37. The second-order valence-electron chi connectivity index (χ2n) is 6.61. The van der Waals surface area contributed by atoms with Crippen molar-refractivity contribution in [3.63, 3.8) is 0 Å². The first-order valence-corrected chi connectivity index (χ1v) is 8.48. The second-order valence-corrected chi connectivity index (χ2v) is 6.61. The Bertz CT molecular complexity index is 686. The van der Waals surface area contributed by atoms with E-state index >= 15 is 0 Å². The van der Waals surface area contributed by atoms with Crippen LogP contribution in [0.5, 0.6) is 5.75 Å². The molecule has 1 aromatic heterocycles. The van der Waals surface area contributed by atoms with E-state index in [-0.39, 0.29) is 5.91 Å². The van der Waals surface area contributed by atoms with Crippen LogP contribution >= 0.6 is 0 Å². The van der Waals surface area contributed by atoms with Crippen LogP contribution in [-0.4, -0.2) is 29.1 Å². The van der Waals surface area contributed by atoms with Crippen LogP contribution in [0.3, 0.4) is 0 Å². The molecule has 1 unspecified atom stereocenters. The minimum Gasteiger partial charge on any atom is -0.489 e. The van der Waals surface area contributed by atoms with Gasteiger partial charge in [-0.15, -0.1) is 0 Å². The number of hydrogen-bond acceptors (Lipinski definition) is 4. The Morgan fingerprint density at radius 1 is 1.33 bits per heavy atom. The molecule has 0 bridgehead atoms. The van der Waals surface area contributed by atoms with Crippen molar-refractivity contribution in [2.24, 2.45) is 5.92 Å². The largest absolute Gasteiger partial charge is 0.489 e. The number of benzene rings is 1. The van der Waals surface area contributed by atoms with Crippen molar-refractivity contribution >= 4 is 5.91 Å². The number of amides is 1. The molecule has 3 rings (SSSR count). The lowest BCUT2D eigenvalue weighted by Crippen LogP contribution is -2.39. The van der Waals surface area contributed by atoms with E-state index in [4.69, 9.17) is 9.26 Å². The summed E-state index contributed by atoms with van der Waals surface area (Å²) in [5.74, 6) is 2.20. The zero-order valence-electron chi connectivity index (χ0n) is 14.5. The van der Waals surface area contributed by atoms with E-state index in [0.717, 1.165) is 42.3 Å². The van der Waals surface area contributed by atoms with Gasteiger partial charge in [0.2, 0.25) is 0 Å². The van der Waals surface area contributed by atoms with E-state index in [9.17, 15) is 4.79 Å². The number of nitrogens with zero attached hydrogens (tertiary/aromatic N) is 2. The minimum atomic E-state index is 0.110. The van der Waals surface area contributed by atoms with Gasteiger partial charge in [-0.25, -0.2) is 0 Å². The molecule has 1 aliphatic heterocycles. The quantitative estimate of drug-likeness (QED) is 0.858. The smallest absolute Gasteiger partial charge is 0.253 e. The molecule has 1 aliphatic rings. The van der Waals surface area contributed by atoms with Crippen molar-refractivity contribution in [2.45, 2.75) is 40.2 Å². The molecule has 1 aromatic carbocycles. The summed E-state index contributed by atoms with van der Waals surface area (Å²) in [6.07, 6.45) is 2.30. The van der Waals surface area contributed by atoms with Crippen LogP contribution in [-0.2, 0) is 6.61 Å². The number of carbonyl (C=O) groups is 1. The third kappa shape index (κ3) is 3.61. The summed E-state index contributed by atoms with van der Waals surface area (Å²) in [4.78, 5) is 14.5. The zero-order valence-corrected chi connectivity index (χ0v) is 14.5. The number of likely N-dealkylation sites (tertiary alicyclic amines) is 1. The lowest BCUT2D eigenvalue weighted by atomic mass is 9.99. The molecule has 0 aliphatic carbocycles. The Hall–Kier alpha value is -2.30. The predicted octanol–water partition coefficient (Wildman–Crippen LogP) is 3.74. The van der Waals surface area contributed by atoms with Crippen molar-refractivity contribution in [1.29, 1.82) is 0 Å². The Balaban J connectivity index is 1.62. The Labute approximate surface area is 142 Å². The lowest BCUT2D eigenvalue weighted by Gasteiger charge is -2.31. The summed E-state index contributed by atoms with van der Waals surface area (Å²) in [7, 11) is 0. The molecule has 1 fully saturated rings. The van der Waals surface area contributed by atoms with Crippen LogP contribution in [0.4, 0.5) is 0 Å². The third-order valence-corrected chi connectivity index (χ3v) is 4.61. The standard InChI is InChI=1S/C19H24N2O3/c1-13-5-4-10-21(11-13)19(22)16-6-8-17(9-7-16)23-12-18-14(2)20-24-15(18)3/h6-9,13H,4-5,10-12H2,1-3H3. The molecular weight excluding hydrogens is 304 g/mol. The van der Waals surface area contributed by atoms with Gasteiger partial charge in [0.05, 0.1) is 11.3 Å². The number of aromatic nitrogens is 1. The molecule has 24 heavy (non-hydrogen) atoms. The molecular formula is C19H24N2O3. The van der Waals surface area contributed by atoms with E-state index in [2.05, 4.69) is 12.1 Å². The summed E-state index contributed by atoms with van der Waals surface area (Å²) in [6.45, 7) is 8.09. The van der Waals surface area contributed by atoms with Crippen molar-refractivity contribution in [2.75, 3.05) is 13.1 Å². The van der Waals surface area contributed by atoms with Crippen LogP contribution in [0, 0.1) is 19.8 Å². The van der Waals surface area contributed by atoms with Gasteiger partial charge in [-0.3, -0.25) is 4.79 Å². The predicted molar refractivity (Wildman–Crippen MR) is 91.1 cm³/mol. The summed E-state index contributed by atoms with van der Waals surface area (Å²) in [5.41, 5.74) is 2.53. The number of hydrogen-bond donors (Lipinski definition) is 0. The number of ether oxygens (including phenoxy) is 1. The highest BCUT2D eigenvalue weighted by Gasteiger charge is 2.21. The van der Waals surface area contributed by atoms with Gasteiger partial charge < -0.3 is 14.2 Å². The summed E-state index contributed by atoms with van der Waals surface area (Å²) >= 11 is 0. The fourth-order valence-corrected chi connectivity index (χ4v) is 3.11. The average Bonchev–Trinajstić information content (AvgIpc) is 2.91. The number of piperidine rings is 1. The third-order valence-electron chi connectivity index (χ3n) is 4.61. The van der Waals surface area contributed by atoms with Crippen LogP contribution in [0.2, 0.25) is 0 Å². The van der Waals surface area contributed by atoms with Gasteiger partial charge in [-0.1, -0.05) is 12.1 Å². The molecule has 1 amide bonds. The monoisotopic (exact) mass is 328 g/mol. The first-order valence-electron chi connectivity index (χ1n) is 8.48. The van der Waals surface area contributed by atoms with Crippen LogP contribution < -0.4 is 4.74 Å². The van der Waals surface area contributed by atoms with Gasteiger partial charge in [0.25, 0.3) is 5.91 Å². The van der Waals surface area contributed by atoms with Gasteiger partial charge in [0, 0.05) is 18.7 Å². The highest BCUT2D eigenvalue weighted by molar-refractivity contribution is 5.94. The molecule has 0 radical (unpaired) electrons. The average molecular weight is 328 g/mol. The van der Waals surface area contributed by atoms with E-state index in [1.54, 1.807) is 0 Å². The van der Waals surface area contributed by atoms with E-state index in [1.165, 1.54) is 6.42 Å². The molecule has 128 valence electrons. The number of aryl methyl sites for hydroxylation is 2. The fraction of sp³-hybridized carbons (Fsp3) is 0.474. The molecule has 0 saturated carbocycles. The van der Waals surface area contributed by atoms with Gasteiger partial charge in [0.1, 0.15) is 18.1 Å². The summed E-state index contributed by atoms with van der Waals surface area (Å²) < 4.78 is 10.9. The van der Waals surface area contributed by atoms with Crippen molar-refractivity contribution in [3.05, 3.63) is 46.8 Å². The van der Waals surface area contributed by atoms with Gasteiger partial charge in [-0.2, -0.15) is 0 Å². The maximum atomic E-state index is 12.6. The molecule has 5 heteroatoms. The summed E-state index contributed by atoms with van der Waals surface area (Å²) in [5, 5.41) is 3.92. The van der Waals surface area contributed by atoms with Crippen LogP contribution in [0.1, 0.15) is 47.1 Å². The van der Waals surface area contributed by atoms with Gasteiger partial charge in [0.15, 0.2) is 0 Å². The lowest BCUT2D eigenvalue weighted by molar-refractivity contribution is 0.0683. The molecule has 2 heterocycles. The maximum Gasteiger partial charge on any atom is 0.253 e. The number of carbonyl (C=O) groups excluding carboxylic acids is 1. The minimum absolute atomic E-state index is 0.110. The topological polar surface area (TPSA) is 55.6 Å². The Morgan fingerprint density at radius 2 is 2.08 bits per heavy atom. The van der Waals surface area contributed by atoms with Crippen molar-refractivity contribution < 1.29 is 14.1 Å². The fourth-order valence-electron chi connectivity index (χ4n) is 3.11. The van der Waals surface area contributed by atoms with Crippen LogP contribution in [0.25, 0.3) is 0 Å². The normalized spacial score (nSPS) is 17.8. The first-order chi connectivity index (χ1) is 11.5. The Morgan fingerprint density at radius 3 is 2.71 bits per heavy atom. The van der Waals surface area contributed by atoms with Crippen molar-refractivity contribution in [3.8, 4) is 5.75 Å². The van der Waals surface area contributed by atoms with E-state index < -0.39 is 0 Å². The van der Waals surface area contributed by atoms with E-state index in [1.807, 2.05) is 43.0 Å². The maximum absolute atomic E-state index is 12.6. The molecule has 1 atom stereocenters. The van der Waals surface area contributed by atoms with Crippen LogP contribution in [0.15, 0.2) is 28.8 Å². The molecule has 2 aromatic rings. The van der Waals surface area contributed by atoms with Gasteiger partial charge in [-0.05, 0) is 56.9 Å².